The van der Waals surface area contributed by atoms with Crippen LogP contribution in [0.1, 0.15) is 19.3 Å². The molecule has 0 saturated carbocycles. The molecular formula is C9H13NO3. The highest BCUT2D eigenvalue weighted by Crippen LogP contribution is 2.17. The van der Waals surface area contributed by atoms with E-state index in [2.05, 4.69) is 6.58 Å². The highest BCUT2D eigenvalue weighted by atomic mass is 16.4. The van der Waals surface area contributed by atoms with Gasteiger partial charge in [0, 0.05) is 6.54 Å². The van der Waals surface area contributed by atoms with Crippen molar-refractivity contribution in [2.75, 3.05) is 6.54 Å². The first-order valence-electron chi connectivity index (χ1n) is 4.32. The van der Waals surface area contributed by atoms with Crippen LogP contribution in [0.5, 0.6) is 0 Å². The second-order valence-electron chi connectivity index (χ2n) is 3.09. The van der Waals surface area contributed by atoms with Crippen molar-refractivity contribution in [3.8, 4) is 0 Å². The van der Waals surface area contributed by atoms with Gasteiger partial charge in [0.1, 0.15) is 0 Å². The summed E-state index contributed by atoms with van der Waals surface area (Å²) in [6.45, 7) is 3.82. The summed E-state index contributed by atoms with van der Waals surface area (Å²) in [6.07, 6.45) is 2.56. The zero-order valence-corrected chi connectivity index (χ0v) is 7.40. The van der Waals surface area contributed by atoms with Crippen molar-refractivity contribution in [3.05, 3.63) is 12.7 Å². The predicted molar refractivity (Wildman–Crippen MR) is 47.6 cm³/mol. The lowest BCUT2D eigenvalue weighted by atomic mass is 9.99. The molecule has 0 aromatic rings. The third-order valence-electron chi connectivity index (χ3n) is 2.28. The molecular weight excluding hydrogens is 170 g/mol. The fourth-order valence-electron chi connectivity index (χ4n) is 1.59. The summed E-state index contributed by atoms with van der Waals surface area (Å²) in [4.78, 5) is 23.2. The predicted octanol–water partition coefficient (Wildman–Crippen LogP) is 1.27. The molecule has 1 saturated heterocycles. The quantitative estimate of drug-likeness (QED) is 0.656. The van der Waals surface area contributed by atoms with E-state index in [1.165, 1.54) is 11.0 Å². The molecule has 0 spiro atoms. The van der Waals surface area contributed by atoms with Crippen LogP contribution in [0.25, 0.3) is 0 Å². The second kappa shape index (κ2) is 4.07. The first-order chi connectivity index (χ1) is 6.16. The van der Waals surface area contributed by atoms with Crippen molar-refractivity contribution in [2.24, 2.45) is 0 Å². The molecule has 1 amide bonds. The second-order valence-corrected chi connectivity index (χ2v) is 3.09. The maximum absolute atomic E-state index is 11.3. The largest absolute Gasteiger partial charge is 0.465 e. The number of carboxylic acid groups (broad SMARTS) is 1. The highest BCUT2D eigenvalue weighted by molar-refractivity contribution is 5.95. The van der Waals surface area contributed by atoms with Crippen LogP contribution in [-0.2, 0) is 4.79 Å². The normalized spacial score (nSPS) is 22.5. The van der Waals surface area contributed by atoms with Gasteiger partial charge in [0.15, 0.2) is 5.78 Å². The van der Waals surface area contributed by atoms with Crippen LogP contribution >= 0.6 is 0 Å². The number of amides is 1. The molecule has 0 aliphatic carbocycles. The van der Waals surface area contributed by atoms with Crippen molar-refractivity contribution >= 4 is 11.9 Å². The Kier molecular flexibility index (Phi) is 3.06. The standard InChI is InChI=1S/C9H13NO3/c1-2-8(11)7-5-3-4-6-10(7)9(12)13/h2,7H,1,3-6H2,(H,12,13). The molecule has 1 aliphatic rings. The van der Waals surface area contributed by atoms with Crippen LogP contribution in [-0.4, -0.2) is 34.5 Å². The SMILES string of the molecule is C=CC(=O)C1CCCCN1C(=O)O. The van der Waals surface area contributed by atoms with Crippen molar-refractivity contribution in [1.29, 1.82) is 0 Å². The summed E-state index contributed by atoms with van der Waals surface area (Å²) < 4.78 is 0. The number of piperidine rings is 1. The van der Waals surface area contributed by atoms with E-state index in [4.69, 9.17) is 5.11 Å². The van der Waals surface area contributed by atoms with Crippen molar-refractivity contribution in [2.45, 2.75) is 25.3 Å². The molecule has 0 bridgehead atoms. The Morgan fingerprint density at radius 3 is 2.69 bits per heavy atom. The van der Waals surface area contributed by atoms with Crippen LogP contribution in [0.2, 0.25) is 0 Å². The maximum Gasteiger partial charge on any atom is 0.407 e. The number of nitrogens with zero attached hydrogens (tertiary/aromatic N) is 1. The number of hydrogen-bond donors (Lipinski definition) is 1. The minimum absolute atomic E-state index is 0.192. The number of hydrogen-bond acceptors (Lipinski definition) is 2. The number of ketones is 1. The van der Waals surface area contributed by atoms with E-state index in [0.717, 1.165) is 12.8 Å². The van der Waals surface area contributed by atoms with E-state index in [0.29, 0.717) is 13.0 Å². The average molecular weight is 183 g/mol. The molecule has 4 nitrogen and oxygen atoms in total. The smallest absolute Gasteiger partial charge is 0.407 e. The summed E-state index contributed by atoms with van der Waals surface area (Å²) in [5, 5.41) is 8.79. The molecule has 1 aliphatic heterocycles. The van der Waals surface area contributed by atoms with Crippen LogP contribution in [0.15, 0.2) is 12.7 Å². The number of carbonyl (C=O) groups is 2. The Bertz CT molecular complexity index is 237. The van der Waals surface area contributed by atoms with Gasteiger partial charge in [-0.15, -0.1) is 0 Å². The Morgan fingerprint density at radius 1 is 1.46 bits per heavy atom. The minimum atomic E-state index is -1.01. The van der Waals surface area contributed by atoms with Crippen LogP contribution in [0.4, 0.5) is 4.79 Å². The molecule has 1 rings (SSSR count). The lowest BCUT2D eigenvalue weighted by Gasteiger charge is -2.31. The van der Waals surface area contributed by atoms with Gasteiger partial charge in [0.05, 0.1) is 6.04 Å². The molecule has 1 unspecified atom stereocenters. The molecule has 13 heavy (non-hydrogen) atoms. The first kappa shape index (κ1) is 9.77. The number of rotatable bonds is 2. The first-order valence-corrected chi connectivity index (χ1v) is 4.32. The van der Waals surface area contributed by atoms with Crippen molar-refractivity contribution in [3.63, 3.8) is 0 Å². The van der Waals surface area contributed by atoms with E-state index in [-0.39, 0.29) is 5.78 Å². The van der Waals surface area contributed by atoms with Gasteiger partial charge in [-0.2, -0.15) is 0 Å². The van der Waals surface area contributed by atoms with Gasteiger partial charge >= 0.3 is 6.09 Å². The van der Waals surface area contributed by atoms with Gasteiger partial charge in [0.25, 0.3) is 0 Å². The van der Waals surface area contributed by atoms with Gasteiger partial charge in [0.2, 0.25) is 0 Å². The molecule has 72 valence electrons. The fourth-order valence-corrected chi connectivity index (χ4v) is 1.59. The molecule has 1 atom stereocenters. The van der Waals surface area contributed by atoms with E-state index in [1.54, 1.807) is 0 Å². The molecule has 0 aromatic carbocycles. The van der Waals surface area contributed by atoms with E-state index < -0.39 is 12.1 Å². The van der Waals surface area contributed by atoms with Gasteiger partial charge < -0.3 is 5.11 Å². The third kappa shape index (κ3) is 2.08. The minimum Gasteiger partial charge on any atom is -0.465 e. The van der Waals surface area contributed by atoms with Gasteiger partial charge in [-0.05, 0) is 25.3 Å². The van der Waals surface area contributed by atoms with Crippen LogP contribution in [0, 0.1) is 0 Å². The Morgan fingerprint density at radius 2 is 2.15 bits per heavy atom. The highest BCUT2D eigenvalue weighted by Gasteiger charge is 2.29. The molecule has 1 heterocycles. The zero-order valence-electron chi connectivity index (χ0n) is 7.40. The summed E-state index contributed by atoms with van der Waals surface area (Å²) in [5.74, 6) is -0.192. The third-order valence-corrected chi connectivity index (χ3v) is 2.28. The lowest BCUT2D eigenvalue weighted by Crippen LogP contribution is -2.46. The topological polar surface area (TPSA) is 57.6 Å². The molecule has 0 radical (unpaired) electrons. The van der Waals surface area contributed by atoms with Crippen LogP contribution < -0.4 is 0 Å². The van der Waals surface area contributed by atoms with Gasteiger partial charge in [-0.3, -0.25) is 9.69 Å². The number of likely N-dealkylation sites (tertiary alicyclic amines) is 1. The van der Waals surface area contributed by atoms with E-state index in [9.17, 15) is 9.59 Å². The fraction of sp³-hybridized carbons (Fsp3) is 0.556. The van der Waals surface area contributed by atoms with E-state index >= 15 is 0 Å². The number of carbonyl (C=O) groups excluding carboxylic acids is 1. The molecule has 4 heteroatoms. The Hall–Kier alpha value is -1.32. The maximum atomic E-state index is 11.3. The molecule has 1 fully saturated rings. The summed E-state index contributed by atoms with van der Waals surface area (Å²) in [5.41, 5.74) is 0. The summed E-state index contributed by atoms with van der Waals surface area (Å²) in [7, 11) is 0. The van der Waals surface area contributed by atoms with Crippen LogP contribution in [0.3, 0.4) is 0 Å². The lowest BCUT2D eigenvalue weighted by molar-refractivity contribution is -0.120. The van der Waals surface area contributed by atoms with Gasteiger partial charge in [-0.1, -0.05) is 6.58 Å². The van der Waals surface area contributed by atoms with Crippen molar-refractivity contribution < 1.29 is 14.7 Å². The van der Waals surface area contributed by atoms with Gasteiger partial charge in [-0.25, -0.2) is 4.79 Å². The molecule has 0 aromatic heterocycles. The summed E-state index contributed by atoms with van der Waals surface area (Å²) in [6, 6.07) is -0.497. The monoisotopic (exact) mass is 183 g/mol. The summed E-state index contributed by atoms with van der Waals surface area (Å²) >= 11 is 0. The average Bonchev–Trinajstić information content (AvgIpc) is 2.16. The van der Waals surface area contributed by atoms with E-state index in [1.807, 2.05) is 0 Å². The zero-order chi connectivity index (χ0) is 9.84. The van der Waals surface area contributed by atoms with Crippen molar-refractivity contribution in [1.82, 2.24) is 4.90 Å². The Balaban J connectivity index is 2.72. The molecule has 1 N–H and O–H groups in total. The Labute approximate surface area is 76.8 Å².